The smallest absolute Gasteiger partial charge is 0.410 e. The highest BCUT2D eigenvalue weighted by atomic mass is 16.6. The van der Waals surface area contributed by atoms with E-state index >= 15 is 0 Å². The Labute approximate surface area is 186 Å². The molecule has 2 fully saturated rings. The Balaban J connectivity index is 1.51. The van der Waals surface area contributed by atoms with Crippen LogP contribution in [0.15, 0.2) is 18.2 Å². The number of ether oxygens (including phenoxy) is 1. The summed E-state index contributed by atoms with van der Waals surface area (Å²) in [7, 11) is 0. The van der Waals surface area contributed by atoms with Crippen LogP contribution < -0.4 is 10.2 Å². The highest BCUT2D eigenvalue weighted by Gasteiger charge is 2.46. The van der Waals surface area contributed by atoms with E-state index in [9.17, 15) is 24.6 Å². The number of hydrogen-bond donors (Lipinski definition) is 3. The van der Waals surface area contributed by atoms with Crippen molar-refractivity contribution >= 4 is 23.6 Å². The van der Waals surface area contributed by atoms with Crippen LogP contribution in [0.1, 0.15) is 54.3 Å². The second kappa shape index (κ2) is 8.34. The maximum atomic E-state index is 13.3. The first-order valence-electron chi connectivity index (χ1n) is 10.9. The molecular weight excluding hydrogens is 416 g/mol. The number of aliphatic hydroxyl groups is 2. The summed E-state index contributed by atoms with van der Waals surface area (Å²) in [6, 6.07) is 4.41. The molecule has 3 aliphatic heterocycles. The molecule has 174 valence electrons. The van der Waals surface area contributed by atoms with E-state index in [1.54, 1.807) is 23.1 Å². The van der Waals surface area contributed by atoms with Crippen molar-refractivity contribution < 1.29 is 29.3 Å². The van der Waals surface area contributed by atoms with E-state index < -0.39 is 35.9 Å². The van der Waals surface area contributed by atoms with Gasteiger partial charge in [-0.3, -0.25) is 19.8 Å². The summed E-state index contributed by atoms with van der Waals surface area (Å²) >= 11 is 0. The minimum Gasteiger partial charge on any atom is -0.444 e. The third-order valence-corrected chi connectivity index (χ3v) is 5.99. The number of benzene rings is 1. The van der Waals surface area contributed by atoms with Gasteiger partial charge in [-0.1, -0.05) is 6.07 Å². The molecule has 2 saturated heterocycles. The molecular formula is C22H30N4O6. The number of rotatable bonds is 2. The van der Waals surface area contributed by atoms with Gasteiger partial charge >= 0.3 is 6.09 Å². The monoisotopic (exact) mass is 446 g/mol. The van der Waals surface area contributed by atoms with Gasteiger partial charge < -0.3 is 24.7 Å². The Hall–Kier alpha value is -2.69. The number of piperazine rings is 1. The molecule has 0 aromatic heterocycles. The predicted octanol–water partition coefficient (Wildman–Crippen LogP) is 0.729. The van der Waals surface area contributed by atoms with Crippen molar-refractivity contribution in [2.75, 3.05) is 31.1 Å². The zero-order chi connectivity index (χ0) is 23.2. The van der Waals surface area contributed by atoms with Crippen LogP contribution in [-0.4, -0.2) is 88.2 Å². The third kappa shape index (κ3) is 4.17. The van der Waals surface area contributed by atoms with Crippen molar-refractivity contribution in [2.45, 2.75) is 57.7 Å². The summed E-state index contributed by atoms with van der Waals surface area (Å²) in [6.07, 6.45) is -1.79. The fourth-order valence-corrected chi connectivity index (χ4v) is 4.46. The van der Waals surface area contributed by atoms with Gasteiger partial charge in [0.1, 0.15) is 18.1 Å². The van der Waals surface area contributed by atoms with Crippen molar-refractivity contribution in [1.82, 2.24) is 15.1 Å². The Kier molecular flexibility index (Phi) is 5.87. The highest BCUT2D eigenvalue weighted by molar-refractivity contribution is 6.24. The van der Waals surface area contributed by atoms with Gasteiger partial charge in [-0.15, -0.1) is 0 Å². The largest absolute Gasteiger partial charge is 0.444 e. The van der Waals surface area contributed by atoms with Crippen LogP contribution >= 0.6 is 0 Å². The molecule has 0 aliphatic carbocycles. The number of hydrogen-bond acceptors (Lipinski definition) is 8. The van der Waals surface area contributed by atoms with Crippen molar-refractivity contribution in [1.29, 1.82) is 0 Å². The number of anilines is 1. The van der Waals surface area contributed by atoms with Gasteiger partial charge in [-0.2, -0.15) is 0 Å². The average Bonchev–Trinajstić information content (AvgIpc) is 2.98. The Morgan fingerprint density at radius 2 is 1.75 bits per heavy atom. The maximum absolute atomic E-state index is 13.3. The first kappa shape index (κ1) is 22.5. The highest BCUT2D eigenvalue weighted by Crippen LogP contribution is 2.35. The van der Waals surface area contributed by atoms with Gasteiger partial charge in [-0.05, 0) is 45.7 Å². The van der Waals surface area contributed by atoms with Gasteiger partial charge in [0.2, 0.25) is 0 Å². The van der Waals surface area contributed by atoms with Gasteiger partial charge in [0.15, 0.2) is 0 Å². The number of fused-ring (bicyclic) bond motifs is 1. The van der Waals surface area contributed by atoms with E-state index in [0.717, 1.165) is 4.90 Å². The second-order valence-corrected chi connectivity index (χ2v) is 9.41. The molecule has 3 N–H and O–H groups in total. The molecule has 1 aromatic rings. The van der Waals surface area contributed by atoms with E-state index in [1.807, 2.05) is 25.7 Å². The molecule has 3 amide bonds. The molecule has 0 bridgehead atoms. The number of nitrogens with zero attached hydrogens (tertiary/aromatic N) is 3. The normalized spacial score (nSPS) is 26.4. The number of nitrogens with one attached hydrogen (secondary N) is 1. The molecule has 32 heavy (non-hydrogen) atoms. The first-order valence-corrected chi connectivity index (χ1v) is 10.9. The van der Waals surface area contributed by atoms with Crippen LogP contribution in [0, 0.1) is 0 Å². The van der Waals surface area contributed by atoms with Crippen LogP contribution in [0.2, 0.25) is 0 Å². The van der Waals surface area contributed by atoms with Gasteiger partial charge in [-0.25, -0.2) is 4.79 Å². The topological polar surface area (TPSA) is 123 Å². The van der Waals surface area contributed by atoms with E-state index in [0.29, 0.717) is 55.8 Å². The van der Waals surface area contributed by atoms with Crippen LogP contribution in [0.25, 0.3) is 0 Å². The quantitative estimate of drug-likeness (QED) is 0.569. The van der Waals surface area contributed by atoms with Crippen LogP contribution in [-0.2, 0) is 4.74 Å². The lowest BCUT2D eigenvalue weighted by molar-refractivity contribution is -0.0413. The zero-order valence-electron chi connectivity index (χ0n) is 18.6. The molecule has 0 spiro atoms. The third-order valence-electron chi connectivity index (χ3n) is 5.99. The Morgan fingerprint density at radius 1 is 1.06 bits per heavy atom. The van der Waals surface area contributed by atoms with E-state index in [2.05, 4.69) is 5.32 Å². The zero-order valence-corrected chi connectivity index (χ0v) is 18.6. The molecule has 0 saturated carbocycles. The molecule has 3 unspecified atom stereocenters. The number of piperidine rings is 1. The van der Waals surface area contributed by atoms with Crippen molar-refractivity contribution in [2.24, 2.45) is 0 Å². The molecule has 1 aromatic carbocycles. The number of amides is 3. The minimum absolute atomic E-state index is 0.306. The number of carbonyl (C=O) groups excluding carboxylic acids is 3. The lowest BCUT2D eigenvalue weighted by Gasteiger charge is -2.37. The lowest BCUT2D eigenvalue weighted by atomic mass is 10.0. The predicted molar refractivity (Wildman–Crippen MR) is 115 cm³/mol. The fourth-order valence-electron chi connectivity index (χ4n) is 4.46. The standard InChI is InChI=1S/C22H30N4O6/c1-22(2,3)32-21(31)25-11-9-24(10-12-25)14-6-4-5-13-17(14)20(30)26(19(13)29)15-7-8-16(27)23-18(15)28/h4-6,15-16,18,23,27-28H,7-12H2,1-3H3. The first-order chi connectivity index (χ1) is 15.1. The molecule has 3 aliphatic rings. The second-order valence-electron chi connectivity index (χ2n) is 9.41. The van der Waals surface area contributed by atoms with Crippen molar-refractivity contribution in [3.05, 3.63) is 29.3 Å². The van der Waals surface area contributed by atoms with Crippen molar-refractivity contribution in [3.63, 3.8) is 0 Å². The minimum atomic E-state index is -1.19. The van der Waals surface area contributed by atoms with E-state index in [-0.39, 0.29) is 6.09 Å². The summed E-state index contributed by atoms with van der Waals surface area (Å²) in [5, 5.41) is 22.6. The molecule has 3 heterocycles. The molecule has 10 nitrogen and oxygen atoms in total. The van der Waals surface area contributed by atoms with E-state index in [1.165, 1.54) is 0 Å². The molecule has 4 rings (SSSR count). The summed E-state index contributed by atoms with van der Waals surface area (Å²) in [5.74, 6) is -0.890. The van der Waals surface area contributed by atoms with Gasteiger partial charge in [0.05, 0.1) is 22.9 Å². The Morgan fingerprint density at radius 3 is 2.38 bits per heavy atom. The van der Waals surface area contributed by atoms with Crippen LogP contribution in [0.4, 0.5) is 10.5 Å². The number of aliphatic hydroxyl groups excluding tert-OH is 2. The van der Waals surface area contributed by atoms with E-state index in [4.69, 9.17) is 4.74 Å². The Bertz CT molecular complexity index is 921. The van der Waals surface area contributed by atoms with Crippen LogP contribution in [0.5, 0.6) is 0 Å². The number of imide groups is 1. The maximum Gasteiger partial charge on any atom is 0.410 e. The summed E-state index contributed by atoms with van der Waals surface area (Å²) < 4.78 is 5.44. The molecule has 10 heteroatoms. The van der Waals surface area contributed by atoms with Gasteiger partial charge in [0, 0.05) is 26.2 Å². The average molecular weight is 447 g/mol. The van der Waals surface area contributed by atoms with Crippen molar-refractivity contribution in [3.8, 4) is 0 Å². The number of carbonyl (C=O) groups is 3. The fraction of sp³-hybridized carbons (Fsp3) is 0.591. The SMILES string of the molecule is CC(C)(C)OC(=O)N1CCN(c2cccc3c2C(=O)N(C2CCC(O)NC2O)C3=O)CC1. The summed E-state index contributed by atoms with van der Waals surface area (Å²) in [6.45, 7) is 7.34. The van der Waals surface area contributed by atoms with Gasteiger partial charge in [0.25, 0.3) is 11.8 Å². The summed E-state index contributed by atoms with van der Waals surface area (Å²) in [4.78, 5) is 43.5. The molecule has 3 atom stereocenters. The van der Waals surface area contributed by atoms with Crippen LogP contribution in [0.3, 0.4) is 0 Å². The molecule has 0 radical (unpaired) electrons. The summed E-state index contributed by atoms with van der Waals surface area (Å²) in [5.41, 5.74) is 0.701. The lowest BCUT2D eigenvalue weighted by Crippen LogP contribution is -2.58.